The van der Waals surface area contributed by atoms with Crippen LogP contribution in [-0.4, -0.2) is 80.6 Å². The summed E-state index contributed by atoms with van der Waals surface area (Å²) in [6.07, 6.45) is 0. The van der Waals surface area contributed by atoms with Gasteiger partial charge in [-0.25, -0.2) is 0 Å². The smallest absolute Gasteiger partial charge is 0.193 e. The molecule has 27 heavy (non-hydrogen) atoms. The van der Waals surface area contributed by atoms with Gasteiger partial charge in [0.25, 0.3) is 0 Å². The topological polar surface area (TPSA) is 34.1 Å². The number of likely N-dealkylation sites (N-methyl/N-ethyl adjacent to an activating group) is 1. The molecule has 1 saturated heterocycles. The number of guanidine groups is 1. The van der Waals surface area contributed by atoms with Gasteiger partial charge in [0.15, 0.2) is 5.96 Å². The molecule has 0 bridgehead atoms. The van der Waals surface area contributed by atoms with Gasteiger partial charge >= 0.3 is 0 Å². The standard InChI is InChI=1S/C21H37N5.HI/c1-6-25-11-13-26(14-12-25)16-19(3)15-23-21(22-4)24(5)17-20-9-7-18(2)8-10-20;/h7-10,19H,6,11-17H2,1-5H3,(H,22,23);1H. The van der Waals surface area contributed by atoms with Gasteiger partial charge in [0.2, 0.25) is 0 Å². The summed E-state index contributed by atoms with van der Waals surface area (Å²) in [4.78, 5) is 11.8. The lowest BCUT2D eigenvalue weighted by Gasteiger charge is -2.35. The number of nitrogens with zero attached hydrogens (tertiary/aromatic N) is 4. The van der Waals surface area contributed by atoms with Gasteiger partial charge in [0, 0.05) is 59.9 Å². The minimum absolute atomic E-state index is 0. The van der Waals surface area contributed by atoms with Crippen LogP contribution in [0.3, 0.4) is 0 Å². The maximum absolute atomic E-state index is 4.45. The molecule has 1 aliphatic rings. The average Bonchev–Trinajstić information content (AvgIpc) is 2.64. The number of halogens is 1. The molecule has 1 fully saturated rings. The molecule has 1 unspecified atom stereocenters. The third-order valence-electron chi connectivity index (χ3n) is 5.20. The molecule has 1 atom stereocenters. The maximum atomic E-state index is 4.45. The molecule has 6 heteroatoms. The fourth-order valence-electron chi connectivity index (χ4n) is 3.49. The third-order valence-corrected chi connectivity index (χ3v) is 5.20. The van der Waals surface area contributed by atoms with E-state index in [0.717, 1.165) is 25.6 Å². The molecule has 0 radical (unpaired) electrons. The van der Waals surface area contributed by atoms with Crippen molar-refractivity contribution in [3.05, 3.63) is 35.4 Å². The van der Waals surface area contributed by atoms with E-state index in [0.29, 0.717) is 5.92 Å². The van der Waals surface area contributed by atoms with Crippen LogP contribution in [0.1, 0.15) is 25.0 Å². The first-order valence-electron chi connectivity index (χ1n) is 9.93. The molecule has 1 N–H and O–H groups in total. The highest BCUT2D eigenvalue weighted by molar-refractivity contribution is 14.0. The van der Waals surface area contributed by atoms with E-state index >= 15 is 0 Å². The molecule has 1 aliphatic heterocycles. The number of rotatable bonds is 7. The zero-order valence-corrected chi connectivity index (χ0v) is 20.1. The van der Waals surface area contributed by atoms with Crippen molar-refractivity contribution in [3.8, 4) is 0 Å². The predicted octanol–water partition coefficient (Wildman–Crippen LogP) is 2.89. The van der Waals surface area contributed by atoms with Crippen molar-refractivity contribution in [3.63, 3.8) is 0 Å². The van der Waals surface area contributed by atoms with Crippen LogP contribution in [0.15, 0.2) is 29.3 Å². The molecule has 154 valence electrons. The molecule has 0 amide bonds. The Hall–Kier alpha value is -0.860. The molecule has 1 aromatic carbocycles. The van der Waals surface area contributed by atoms with Crippen LogP contribution < -0.4 is 5.32 Å². The summed E-state index contributed by atoms with van der Waals surface area (Å²) in [6, 6.07) is 8.72. The van der Waals surface area contributed by atoms with Crippen molar-refractivity contribution in [2.75, 3.05) is 59.9 Å². The summed E-state index contributed by atoms with van der Waals surface area (Å²) in [5.41, 5.74) is 2.61. The van der Waals surface area contributed by atoms with Gasteiger partial charge in [-0.15, -0.1) is 24.0 Å². The first kappa shape index (κ1) is 24.2. The molecule has 0 aliphatic carbocycles. The van der Waals surface area contributed by atoms with E-state index in [4.69, 9.17) is 0 Å². The molecule has 1 aromatic rings. The Bertz CT molecular complexity index is 552. The Balaban J connectivity index is 0.00000364. The largest absolute Gasteiger partial charge is 0.356 e. The Morgan fingerprint density at radius 1 is 1.15 bits per heavy atom. The first-order valence-corrected chi connectivity index (χ1v) is 9.93. The molecule has 0 aromatic heterocycles. The van der Waals surface area contributed by atoms with E-state index in [1.807, 2.05) is 7.05 Å². The van der Waals surface area contributed by atoms with Crippen molar-refractivity contribution < 1.29 is 0 Å². The number of benzene rings is 1. The van der Waals surface area contributed by atoms with E-state index in [9.17, 15) is 0 Å². The highest BCUT2D eigenvalue weighted by atomic mass is 127. The summed E-state index contributed by atoms with van der Waals surface area (Å²) >= 11 is 0. The highest BCUT2D eigenvalue weighted by Crippen LogP contribution is 2.07. The van der Waals surface area contributed by atoms with Gasteiger partial charge in [0.05, 0.1) is 0 Å². The average molecular weight is 487 g/mol. The van der Waals surface area contributed by atoms with Gasteiger partial charge in [-0.1, -0.05) is 43.7 Å². The number of hydrogen-bond acceptors (Lipinski definition) is 3. The van der Waals surface area contributed by atoms with Crippen LogP contribution in [0.2, 0.25) is 0 Å². The van der Waals surface area contributed by atoms with E-state index in [1.165, 1.54) is 43.9 Å². The van der Waals surface area contributed by atoms with Crippen molar-refractivity contribution in [1.29, 1.82) is 0 Å². The summed E-state index contributed by atoms with van der Waals surface area (Å²) in [6.45, 7) is 15.7. The van der Waals surface area contributed by atoms with Crippen molar-refractivity contribution >= 4 is 29.9 Å². The van der Waals surface area contributed by atoms with E-state index < -0.39 is 0 Å². The van der Waals surface area contributed by atoms with Gasteiger partial charge in [-0.2, -0.15) is 0 Å². The maximum Gasteiger partial charge on any atom is 0.193 e. The Morgan fingerprint density at radius 3 is 2.30 bits per heavy atom. The second kappa shape index (κ2) is 12.6. The minimum atomic E-state index is 0. The number of piperazine rings is 1. The van der Waals surface area contributed by atoms with Crippen LogP contribution in [0.25, 0.3) is 0 Å². The Kier molecular flexibility index (Phi) is 11.3. The zero-order valence-electron chi connectivity index (χ0n) is 17.7. The van der Waals surface area contributed by atoms with Gasteiger partial charge < -0.3 is 20.0 Å². The lowest BCUT2D eigenvalue weighted by molar-refractivity contribution is 0.124. The fourth-order valence-corrected chi connectivity index (χ4v) is 3.49. The van der Waals surface area contributed by atoms with Crippen molar-refractivity contribution in [2.24, 2.45) is 10.9 Å². The molecule has 1 heterocycles. The van der Waals surface area contributed by atoms with E-state index in [-0.39, 0.29) is 24.0 Å². The molecular formula is C21H38IN5. The quantitative estimate of drug-likeness (QED) is 0.365. The second-order valence-electron chi connectivity index (χ2n) is 7.61. The minimum Gasteiger partial charge on any atom is -0.356 e. The van der Waals surface area contributed by atoms with Crippen LogP contribution in [0.5, 0.6) is 0 Å². The predicted molar refractivity (Wildman–Crippen MR) is 127 cm³/mol. The summed E-state index contributed by atoms with van der Waals surface area (Å²) in [5.74, 6) is 1.57. The molecule has 2 rings (SSSR count). The normalized spacial score (nSPS) is 17.3. The molecule has 5 nitrogen and oxygen atoms in total. The monoisotopic (exact) mass is 487 g/mol. The summed E-state index contributed by atoms with van der Waals surface area (Å²) in [5, 5.41) is 3.55. The SMILES string of the molecule is CCN1CCN(CC(C)CNC(=NC)N(C)Cc2ccc(C)cc2)CC1.I. The van der Waals surface area contributed by atoms with Crippen molar-refractivity contribution in [1.82, 2.24) is 20.0 Å². The molecular weight excluding hydrogens is 449 g/mol. The Morgan fingerprint density at radius 2 is 1.74 bits per heavy atom. The Labute approximate surface area is 183 Å². The molecule has 0 saturated carbocycles. The number of aryl methyl sites for hydroxylation is 1. The van der Waals surface area contributed by atoms with Crippen LogP contribution in [0.4, 0.5) is 0 Å². The highest BCUT2D eigenvalue weighted by Gasteiger charge is 2.17. The van der Waals surface area contributed by atoms with Crippen LogP contribution >= 0.6 is 24.0 Å². The lowest BCUT2D eigenvalue weighted by atomic mass is 10.1. The number of nitrogens with one attached hydrogen (secondary N) is 1. The number of aliphatic imine (C=N–C) groups is 1. The van der Waals surface area contributed by atoms with Gasteiger partial charge in [-0.3, -0.25) is 4.99 Å². The molecule has 0 spiro atoms. The van der Waals surface area contributed by atoms with Gasteiger partial charge in [-0.05, 0) is 24.9 Å². The van der Waals surface area contributed by atoms with E-state index in [2.05, 4.69) is 77.1 Å². The summed E-state index contributed by atoms with van der Waals surface area (Å²) < 4.78 is 0. The summed E-state index contributed by atoms with van der Waals surface area (Å²) in [7, 11) is 3.96. The van der Waals surface area contributed by atoms with E-state index in [1.54, 1.807) is 0 Å². The first-order chi connectivity index (χ1) is 12.5. The zero-order chi connectivity index (χ0) is 18.9. The fraction of sp³-hybridized carbons (Fsp3) is 0.667. The van der Waals surface area contributed by atoms with Crippen LogP contribution in [0, 0.1) is 12.8 Å². The van der Waals surface area contributed by atoms with Crippen LogP contribution in [-0.2, 0) is 6.54 Å². The second-order valence-corrected chi connectivity index (χ2v) is 7.61. The lowest BCUT2D eigenvalue weighted by Crippen LogP contribution is -2.48. The number of hydrogen-bond donors (Lipinski definition) is 1. The van der Waals surface area contributed by atoms with Crippen molar-refractivity contribution in [2.45, 2.75) is 27.3 Å². The van der Waals surface area contributed by atoms with Gasteiger partial charge in [0.1, 0.15) is 0 Å². The third kappa shape index (κ3) is 8.35.